The largest absolute Gasteiger partial charge is 0.468 e. The van der Waals surface area contributed by atoms with Crippen molar-refractivity contribution in [3.63, 3.8) is 0 Å². The predicted molar refractivity (Wildman–Crippen MR) is 46.9 cm³/mol. The molecule has 0 aromatic rings. The van der Waals surface area contributed by atoms with E-state index in [1.807, 2.05) is 6.92 Å². The molecule has 1 fully saturated rings. The number of hydrogen-bond acceptors (Lipinski definition) is 3. The summed E-state index contributed by atoms with van der Waals surface area (Å²) in [5.74, 6) is -0.122. The molecule has 0 amide bonds. The Balaban J connectivity index is 2.51. The highest BCUT2D eigenvalue weighted by atomic mass is 16.5. The standard InChI is InChI=1S/C9H17NO2/c1-7-5-4-6-10(7)8(2)9(11)12-3/h7-8H,4-6H2,1-3H3. The average Bonchev–Trinajstić information content (AvgIpc) is 2.48. The molecule has 1 rings (SSSR count). The number of carbonyl (C=O) groups excluding carboxylic acids is 1. The number of ether oxygens (including phenoxy) is 1. The number of esters is 1. The van der Waals surface area contributed by atoms with Crippen molar-refractivity contribution in [2.24, 2.45) is 0 Å². The van der Waals surface area contributed by atoms with Gasteiger partial charge in [-0.1, -0.05) is 0 Å². The monoisotopic (exact) mass is 171 g/mol. The fourth-order valence-corrected chi connectivity index (χ4v) is 1.84. The minimum absolute atomic E-state index is 0.0764. The Morgan fingerprint density at radius 2 is 2.33 bits per heavy atom. The minimum Gasteiger partial charge on any atom is -0.468 e. The Bertz CT molecular complexity index is 170. The molecule has 3 nitrogen and oxygen atoms in total. The number of carbonyl (C=O) groups is 1. The maximum atomic E-state index is 11.2. The fraction of sp³-hybridized carbons (Fsp3) is 0.889. The van der Waals surface area contributed by atoms with Crippen molar-refractivity contribution in [1.29, 1.82) is 0 Å². The van der Waals surface area contributed by atoms with E-state index < -0.39 is 0 Å². The van der Waals surface area contributed by atoms with Crippen LogP contribution >= 0.6 is 0 Å². The van der Waals surface area contributed by atoms with Crippen LogP contribution < -0.4 is 0 Å². The lowest BCUT2D eigenvalue weighted by Crippen LogP contribution is -2.41. The second-order valence-corrected chi connectivity index (χ2v) is 3.43. The van der Waals surface area contributed by atoms with Crippen LogP contribution in [0.4, 0.5) is 0 Å². The van der Waals surface area contributed by atoms with Crippen LogP contribution in [0.5, 0.6) is 0 Å². The van der Waals surface area contributed by atoms with Crippen LogP contribution in [0.2, 0.25) is 0 Å². The van der Waals surface area contributed by atoms with E-state index in [0.29, 0.717) is 6.04 Å². The lowest BCUT2D eigenvalue weighted by Gasteiger charge is -2.26. The zero-order chi connectivity index (χ0) is 9.14. The number of methoxy groups -OCH3 is 1. The maximum Gasteiger partial charge on any atom is 0.322 e. The first-order valence-corrected chi connectivity index (χ1v) is 4.50. The van der Waals surface area contributed by atoms with Crippen molar-refractivity contribution in [3.05, 3.63) is 0 Å². The normalized spacial score (nSPS) is 27.1. The van der Waals surface area contributed by atoms with Gasteiger partial charge in [0, 0.05) is 6.04 Å². The fourth-order valence-electron chi connectivity index (χ4n) is 1.84. The second kappa shape index (κ2) is 3.90. The molecule has 0 bridgehead atoms. The van der Waals surface area contributed by atoms with Gasteiger partial charge < -0.3 is 4.74 Å². The van der Waals surface area contributed by atoms with Crippen molar-refractivity contribution < 1.29 is 9.53 Å². The SMILES string of the molecule is COC(=O)C(C)N1CCCC1C. The van der Waals surface area contributed by atoms with Gasteiger partial charge >= 0.3 is 5.97 Å². The molecule has 12 heavy (non-hydrogen) atoms. The molecule has 3 heteroatoms. The third-order valence-electron chi connectivity index (χ3n) is 2.64. The van der Waals surface area contributed by atoms with E-state index >= 15 is 0 Å². The number of rotatable bonds is 2. The topological polar surface area (TPSA) is 29.5 Å². The van der Waals surface area contributed by atoms with Gasteiger partial charge in [0.2, 0.25) is 0 Å². The molecule has 0 aromatic carbocycles. The van der Waals surface area contributed by atoms with E-state index in [2.05, 4.69) is 11.8 Å². The molecule has 0 radical (unpaired) electrons. The summed E-state index contributed by atoms with van der Waals surface area (Å²) in [5.41, 5.74) is 0. The third kappa shape index (κ3) is 1.78. The van der Waals surface area contributed by atoms with Gasteiger partial charge in [-0.3, -0.25) is 9.69 Å². The van der Waals surface area contributed by atoms with Crippen LogP contribution in [0.25, 0.3) is 0 Å². The highest BCUT2D eigenvalue weighted by molar-refractivity contribution is 5.75. The molecule has 0 spiro atoms. The summed E-state index contributed by atoms with van der Waals surface area (Å²) in [5, 5.41) is 0. The Morgan fingerprint density at radius 3 is 2.75 bits per heavy atom. The predicted octanol–water partition coefficient (Wildman–Crippen LogP) is 1.03. The molecule has 0 N–H and O–H groups in total. The summed E-state index contributed by atoms with van der Waals surface area (Å²) in [6.07, 6.45) is 2.39. The van der Waals surface area contributed by atoms with Crippen LogP contribution in [-0.2, 0) is 9.53 Å². The first kappa shape index (κ1) is 9.52. The number of likely N-dealkylation sites (tertiary alicyclic amines) is 1. The van der Waals surface area contributed by atoms with Gasteiger partial charge in [0.05, 0.1) is 7.11 Å². The Morgan fingerprint density at radius 1 is 1.67 bits per heavy atom. The van der Waals surface area contributed by atoms with E-state index in [4.69, 9.17) is 4.74 Å². The molecule has 1 saturated heterocycles. The maximum absolute atomic E-state index is 11.2. The molecule has 70 valence electrons. The van der Waals surface area contributed by atoms with Crippen molar-refractivity contribution in [3.8, 4) is 0 Å². The van der Waals surface area contributed by atoms with Gasteiger partial charge in [-0.05, 0) is 33.2 Å². The van der Waals surface area contributed by atoms with Gasteiger partial charge in [-0.15, -0.1) is 0 Å². The Labute approximate surface area is 73.7 Å². The average molecular weight is 171 g/mol. The summed E-state index contributed by atoms with van der Waals surface area (Å²) < 4.78 is 4.69. The van der Waals surface area contributed by atoms with Crippen LogP contribution in [0.3, 0.4) is 0 Å². The number of hydrogen-bond donors (Lipinski definition) is 0. The van der Waals surface area contributed by atoms with Crippen LogP contribution in [0.15, 0.2) is 0 Å². The summed E-state index contributed by atoms with van der Waals surface area (Å²) in [6.45, 7) is 5.09. The minimum atomic E-state index is -0.122. The van der Waals surface area contributed by atoms with E-state index in [1.165, 1.54) is 20.0 Å². The van der Waals surface area contributed by atoms with E-state index in [1.54, 1.807) is 0 Å². The van der Waals surface area contributed by atoms with Crippen LogP contribution in [0, 0.1) is 0 Å². The molecule has 0 aliphatic carbocycles. The van der Waals surface area contributed by atoms with Gasteiger partial charge in [-0.2, -0.15) is 0 Å². The first-order chi connectivity index (χ1) is 5.66. The summed E-state index contributed by atoms with van der Waals surface area (Å²) >= 11 is 0. The van der Waals surface area contributed by atoms with E-state index in [0.717, 1.165) is 6.54 Å². The van der Waals surface area contributed by atoms with Gasteiger partial charge in [0.15, 0.2) is 0 Å². The van der Waals surface area contributed by atoms with Crippen LogP contribution in [-0.4, -0.2) is 36.6 Å². The van der Waals surface area contributed by atoms with Gasteiger partial charge in [-0.25, -0.2) is 0 Å². The van der Waals surface area contributed by atoms with Crippen molar-refractivity contribution >= 4 is 5.97 Å². The van der Waals surface area contributed by atoms with Crippen molar-refractivity contribution in [2.45, 2.75) is 38.8 Å². The summed E-state index contributed by atoms with van der Waals surface area (Å²) in [4.78, 5) is 13.4. The molecule has 2 atom stereocenters. The van der Waals surface area contributed by atoms with E-state index in [9.17, 15) is 4.79 Å². The lowest BCUT2D eigenvalue weighted by molar-refractivity contribution is -0.146. The highest BCUT2D eigenvalue weighted by Crippen LogP contribution is 2.19. The second-order valence-electron chi connectivity index (χ2n) is 3.43. The van der Waals surface area contributed by atoms with Crippen LogP contribution in [0.1, 0.15) is 26.7 Å². The Kier molecular flexibility index (Phi) is 3.09. The lowest BCUT2D eigenvalue weighted by atomic mass is 10.2. The molecule has 0 saturated carbocycles. The smallest absolute Gasteiger partial charge is 0.322 e. The summed E-state index contributed by atoms with van der Waals surface area (Å²) in [6, 6.07) is 0.451. The molecular formula is C9H17NO2. The van der Waals surface area contributed by atoms with E-state index in [-0.39, 0.29) is 12.0 Å². The molecule has 2 unspecified atom stereocenters. The Hall–Kier alpha value is -0.570. The molecule has 1 aliphatic rings. The zero-order valence-corrected chi connectivity index (χ0v) is 8.04. The molecular weight excluding hydrogens is 154 g/mol. The van der Waals surface area contributed by atoms with Gasteiger partial charge in [0.1, 0.15) is 6.04 Å². The summed E-state index contributed by atoms with van der Waals surface area (Å²) in [7, 11) is 1.44. The molecule has 1 aliphatic heterocycles. The molecule has 0 aromatic heterocycles. The third-order valence-corrected chi connectivity index (χ3v) is 2.64. The van der Waals surface area contributed by atoms with Gasteiger partial charge in [0.25, 0.3) is 0 Å². The van der Waals surface area contributed by atoms with Crippen molar-refractivity contribution in [2.75, 3.05) is 13.7 Å². The first-order valence-electron chi connectivity index (χ1n) is 4.50. The molecule has 1 heterocycles. The quantitative estimate of drug-likeness (QED) is 0.581. The number of nitrogens with zero attached hydrogens (tertiary/aromatic N) is 1. The highest BCUT2D eigenvalue weighted by Gasteiger charge is 2.29. The zero-order valence-electron chi connectivity index (χ0n) is 8.04. The van der Waals surface area contributed by atoms with Crippen molar-refractivity contribution in [1.82, 2.24) is 4.90 Å².